The van der Waals surface area contributed by atoms with Crippen LogP contribution in [0.3, 0.4) is 0 Å². The number of hydrogen-bond acceptors (Lipinski definition) is 6. The number of hydrogen-bond donors (Lipinski definition) is 1. The molecule has 4 rings (SSSR count). The van der Waals surface area contributed by atoms with E-state index in [0.29, 0.717) is 29.0 Å². The Balaban J connectivity index is 1.57. The SMILES string of the molecule is Cc1ccc(NS(=O)(=O)c2cc(-c3nnc(C4CC4)o3)cs2)cc1C. The molecule has 1 N–H and O–H groups in total. The molecule has 0 bridgehead atoms. The van der Waals surface area contributed by atoms with Gasteiger partial charge in [-0.05, 0) is 56.0 Å². The standard InChI is InChI=1S/C17H17N3O3S2/c1-10-3-6-14(7-11(10)2)20-25(21,22)15-8-13(9-24-15)17-19-18-16(23-17)12-4-5-12/h3,6-9,12,20H,4-5H2,1-2H3. The van der Waals surface area contributed by atoms with Crippen LogP contribution in [0.2, 0.25) is 0 Å². The second kappa shape index (κ2) is 5.96. The number of aromatic nitrogens is 2. The lowest BCUT2D eigenvalue weighted by molar-refractivity contribution is 0.508. The molecular formula is C17H17N3O3S2. The molecule has 0 atom stereocenters. The number of aryl methyl sites for hydroxylation is 2. The largest absolute Gasteiger partial charge is 0.420 e. The molecule has 3 aromatic rings. The Bertz CT molecular complexity index is 1030. The van der Waals surface area contributed by atoms with Crippen LogP contribution in [0.5, 0.6) is 0 Å². The zero-order chi connectivity index (χ0) is 17.6. The summed E-state index contributed by atoms with van der Waals surface area (Å²) >= 11 is 1.13. The Morgan fingerprint density at radius 1 is 1.16 bits per heavy atom. The number of thiophene rings is 1. The summed E-state index contributed by atoms with van der Waals surface area (Å²) in [5.74, 6) is 1.37. The van der Waals surface area contributed by atoms with Crippen LogP contribution in [0.4, 0.5) is 5.69 Å². The first-order valence-corrected chi connectivity index (χ1v) is 10.3. The third kappa shape index (κ3) is 3.32. The predicted molar refractivity (Wildman–Crippen MR) is 96.3 cm³/mol. The van der Waals surface area contributed by atoms with E-state index in [1.807, 2.05) is 26.0 Å². The van der Waals surface area contributed by atoms with Gasteiger partial charge in [-0.3, -0.25) is 4.72 Å². The lowest BCUT2D eigenvalue weighted by Crippen LogP contribution is -2.11. The van der Waals surface area contributed by atoms with Crippen LogP contribution in [-0.2, 0) is 10.0 Å². The average Bonchev–Trinajstić information content (AvgIpc) is 3.10. The van der Waals surface area contributed by atoms with Crippen molar-refractivity contribution in [1.82, 2.24) is 10.2 Å². The van der Waals surface area contributed by atoms with E-state index in [0.717, 1.165) is 35.3 Å². The molecule has 0 aliphatic heterocycles. The van der Waals surface area contributed by atoms with E-state index in [4.69, 9.17) is 4.42 Å². The lowest BCUT2D eigenvalue weighted by atomic mass is 10.1. The van der Waals surface area contributed by atoms with Crippen LogP contribution in [0.15, 0.2) is 38.3 Å². The van der Waals surface area contributed by atoms with Crippen LogP contribution in [-0.4, -0.2) is 18.6 Å². The van der Waals surface area contributed by atoms with Gasteiger partial charge in [-0.25, -0.2) is 8.42 Å². The van der Waals surface area contributed by atoms with E-state index in [1.54, 1.807) is 17.5 Å². The molecular weight excluding hydrogens is 358 g/mol. The van der Waals surface area contributed by atoms with Gasteiger partial charge < -0.3 is 4.42 Å². The molecule has 0 saturated heterocycles. The van der Waals surface area contributed by atoms with Crippen LogP contribution in [0.1, 0.15) is 35.8 Å². The molecule has 1 aliphatic carbocycles. The predicted octanol–water partition coefficient (Wildman–Crippen LogP) is 4.09. The highest BCUT2D eigenvalue weighted by Crippen LogP contribution is 2.40. The van der Waals surface area contributed by atoms with Gasteiger partial charge in [0.05, 0.1) is 5.56 Å². The molecule has 6 nitrogen and oxygen atoms in total. The van der Waals surface area contributed by atoms with Gasteiger partial charge in [0.1, 0.15) is 4.21 Å². The zero-order valence-electron chi connectivity index (χ0n) is 13.8. The molecule has 0 amide bonds. The Kier molecular flexibility index (Phi) is 3.88. The Morgan fingerprint density at radius 2 is 1.96 bits per heavy atom. The fourth-order valence-electron chi connectivity index (χ4n) is 2.43. The fourth-order valence-corrected chi connectivity index (χ4v) is 4.63. The minimum atomic E-state index is -3.65. The molecule has 0 radical (unpaired) electrons. The maximum Gasteiger partial charge on any atom is 0.271 e. The lowest BCUT2D eigenvalue weighted by Gasteiger charge is -2.08. The van der Waals surface area contributed by atoms with E-state index in [9.17, 15) is 8.42 Å². The number of rotatable bonds is 5. The van der Waals surface area contributed by atoms with Gasteiger partial charge in [-0.2, -0.15) is 0 Å². The summed E-state index contributed by atoms with van der Waals surface area (Å²) in [6.07, 6.45) is 2.15. The minimum Gasteiger partial charge on any atom is -0.420 e. The van der Waals surface area contributed by atoms with Gasteiger partial charge in [-0.1, -0.05) is 6.07 Å². The molecule has 8 heteroatoms. The summed E-state index contributed by atoms with van der Waals surface area (Å²) in [6, 6.07) is 7.04. The molecule has 130 valence electrons. The van der Waals surface area contributed by atoms with E-state index in [-0.39, 0.29) is 4.21 Å². The summed E-state index contributed by atoms with van der Waals surface area (Å²) < 4.78 is 33.7. The second-order valence-electron chi connectivity index (χ2n) is 6.28. The van der Waals surface area contributed by atoms with Crippen LogP contribution in [0, 0.1) is 13.8 Å². The van der Waals surface area contributed by atoms with Crippen molar-refractivity contribution in [1.29, 1.82) is 0 Å². The van der Waals surface area contributed by atoms with Gasteiger partial charge in [0.25, 0.3) is 10.0 Å². The van der Waals surface area contributed by atoms with Gasteiger partial charge >= 0.3 is 0 Å². The number of benzene rings is 1. The molecule has 1 fully saturated rings. The molecule has 1 aliphatic rings. The number of nitrogens with zero attached hydrogens (tertiary/aromatic N) is 2. The molecule has 25 heavy (non-hydrogen) atoms. The fraction of sp³-hybridized carbons (Fsp3) is 0.294. The summed E-state index contributed by atoms with van der Waals surface area (Å²) in [6.45, 7) is 3.93. The molecule has 0 unspecified atom stereocenters. The number of anilines is 1. The maximum absolute atomic E-state index is 12.6. The van der Waals surface area contributed by atoms with Crippen molar-refractivity contribution in [3.05, 3.63) is 46.7 Å². The molecule has 2 aromatic heterocycles. The topological polar surface area (TPSA) is 85.1 Å². The quantitative estimate of drug-likeness (QED) is 0.726. The molecule has 1 aromatic carbocycles. The first kappa shape index (κ1) is 16.3. The third-order valence-electron chi connectivity index (χ3n) is 4.21. The molecule has 0 spiro atoms. The highest BCUT2D eigenvalue weighted by molar-refractivity contribution is 7.94. The highest BCUT2D eigenvalue weighted by Gasteiger charge is 2.30. The van der Waals surface area contributed by atoms with Crippen molar-refractivity contribution >= 4 is 27.0 Å². The van der Waals surface area contributed by atoms with Crippen molar-refractivity contribution < 1.29 is 12.8 Å². The van der Waals surface area contributed by atoms with Crippen LogP contribution < -0.4 is 4.72 Å². The first-order chi connectivity index (χ1) is 11.9. The highest BCUT2D eigenvalue weighted by atomic mass is 32.2. The van der Waals surface area contributed by atoms with Crippen LogP contribution in [0.25, 0.3) is 11.5 Å². The van der Waals surface area contributed by atoms with E-state index >= 15 is 0 Å². The Hall–Kier alpha value is -2.19. The van der Waals surface area contributed by atoms with Crippen molar-refractivity contribution in [3.8, 4) is 11.5 Å². The Labute approximate surface area is 150 Å². The monoisotopic (exact) mass is 375 g/mol. The second-order valence-corrected chi connectivity index (χ2v) is 9.10. The zero-order valence-corrected chi connectivity index (χ0v) is 15.4. The van der Waals surface area contributed by atoms with E-state index < -0.39 is 10.0 Å². The maximum atomic E-state index is 12.6. The summed E-state index contributed by atoms with van der Waals surface area (Å²) in [4.78, 5) is 0. The van der Waals surface area contributed by atoms with Crippen molar-refractivity contribution in [2.45, 2.75) is 36.8 Å². The smallest absolute Gasteiger partial charge is 0.271 e. The van der Waals surface area contributed by atoms with Crippen molar-refractivity contribution in [2.75, 3.05) is 4.72 Å². The molecule has 1 saturated carbocycles. The number of sulfonamides is 1. The average molecular weight is 375 g/mol. The minimum absolute atomic E-state index is 0.215. The summed E-state index contributed by atoms with van der Waals surface area (Å²) in [7, 11) is -3.65. The number of nitrogens with one attached hydrogen (secondary N) is 1. The normalized spacial score (nSPS) is 14.6. The summed E-state index contributed by atoms with van der Waals surface area (Å²) in [5.41, 5.74) is 3.33. The third-order valence-corrected chi connectivity index (χ3v) is 7.03. The van der Waals surface area contributed by atoms with Gasteiger partial charge in [-0.15, -0.1) is 21.5 Å². The van der Waals surface area contributed by atoms with Gasteiger partial charge in [0.2, 0.25) is 11.8 Å². The van der Waals surface area contributed by atoms with Gasteiger partial charge in [0, 0.05) is 17.0 Å². The van der Waals surface area contributed by atoms with E-state index in [2.05, 4.69) is 14.9 Å². The van der Waals surface area contributed by atoms with Crippen molar-refractivity contribution in [2.24, 2.45) is 0 Å². The van der Waals surface area contributed by atoms with E-state index in [1.165, 1.54) is 0 Å². The first-order valence-electron chi connectivity index (χ1n) is 7.95. The molecule has 2 heterocycles. The van der Waals surface area contributed by atoms with Crippen molar-refractivity contribution in [3.63, 3.8) is 0 Å². The van der Waals surface area contributed by atoms with Gasteiger partial charge in [0.15, 0.2) is 0 Å². The van der Waals surface area contributed by atoms with Crippen LogP contribution >= 0.6 is 11.3 Å². The summed E-state index contributed by atoms with van der Waals surface area (Å²) in [5, 5.41) is 9.78. The Morgan fingerprint density at radius 3 is 2.68 bits per heavy atom.